The molecule has 0 unspecified atom stereocenters. The summed E-state index contributed by atoms with van der Waals surface area (Å²) in [5, 5.41) is 11.8. The van der Waals surface area contributed by atoms with Crippen molar-refractivity contribution in [2.45, 2.75) is 45.9 Å². The number of hydrogen-bond acceptors (Lipinski definition) is 9. The maximum atomic E-state index is 13.7. The molecule has 0 aliphatic carbocycles. The third kappa shape index (κ3) is 5.44. The molecule has 44 heavy (non-hydrogen) atoms. The van der Waals surface area contributed by atoms with Crippen LogP contribution in [0, 0.1) is 6.92 Å². The van der Waals surface area contributed by atoms with Gasteiger partial charge in [-0.15, -0.1) is 0 Å². The van der Waals surface area contributed by atoms with E-state index in [1.807, 2.05) is 37.3 Å². The Morgan fingerprint density at radius 1 is 1.09 bits per heavy atom. The van der Waals surface area contributed by atoms with E-state index in [-0.39, 0.29) is 34.1 Å². The second-order valence-corrected chi connectivity index (χ2v) is 11.6. The lowest BCUT2D eigenvalue weighted by Gasteiger charge is -2.23. The first-order valence-corrected chi connectivity index (χ1v) is 15.1. The number of Topliss-reactive ketones (excluding diaryl/α,β-unsaturated/α-hetero) is 1. The fraction of sp³-hybridized carbons (Fsp3) is 0.235. The predicted molar refractivity (Wildman–Crippen MR) is 165 cm³/mol. The summed E-state index contributed by atoms with van der Waals surface area (Å²) in [4.78, 5) is 46.0. The molecule has 1 fully saturated rings. The van der Waals surface area contributed by atoms with Crippen molar-refractivity contribution >= 4 is 39.9 Å². The zero-order chi connectivity index (χ0) is 31.0. The summed E-state index contributed by atoms with van der Waals surface area (Å²) in [6, 6.07) is 20.9. The van der Waals surface area contributed by atoms with Gasteiger partial charge in [0.1, 0.15) is 34.8 Å². The van der Waals surface area contributed by atoms with Crippen LogP contribution in [0.4, 0.5) is 5.13 Å². The number of nitrogens with zero attached hydrogens (tertiary/aromatic N) is 2. The average Bonchev–Trinajstić information content (AvgIpc) is 3.68. The number of hydrogen-bond donors (Lipinski definition) is 1. The SMILES string of the molecule is CCOC(=O)c1sc(N2C(=O)C(=O)C(=C(O)c3ccc4c(c3)C[C@H](C)O4)[C@@H]2c2cccc(OCc3ccccc3)c2)nc1C. The number of thiazole rings is 1. The molecule has 1 saturated heterocycles. The van der Waals surface area contributed by atoms with Crippen LogP contribution < -0.4 is 14.4 Å². The lowest BCUT2D eigenvalue weighted by molar-refractivity contribution is -0.132. The van der Waals surface area contributed by atoms with Crippen LogP contribution in [0.5, 0.6) is 11.5 Å². The zero-order valence-electron chi connectivity index (χ0n) is 24.4. The van der Waals surface area contributed by atoms with Crippen LogP contribution in [0.25, 0.3) is 5.76 Å². The molecule has 0 spiro atoms. The van der Waals surface area contributed by atoms with Gasteiger partial charge in [-0.3, -0.25) is 14.5 Å². The van der Waals surface area contributed by atoms with Gasteiger partial charge >= 0.3 is 11.9 Å². The lowest BCUT2D eigenvalue weighted by Crippen LogP contribution is -2.29. The molecular formula is C34H30N2O7S. The Balaban J connectivity index is 1.45. The minimum absolute atomic E-state index is 0.00617. The molecule has 1 N–H and O–H groups in total. The number of ketones is 1. The molecule has 2 atom stereocenters. The minimum atomic E-state index is -1.04. The van der Waals surface area contributed by atoms with Crippen LogP contribution in [0.2, 0.25) is 0 Å². The fourth-order valence-electron chi connectivity index (χ4n) is 5.46. The summed E-state index contributed by atoms with van der Waals surface area (Å²) in [5.74, 6) is -1.36. The van der Waals surface area contributed by atoms with E-state index in [0.717, 1.165) is 28.2 Å². The van der Waals surface area contributed by atoms with Crippen LogP contribution in [0.1, 0.15) is 57.5 Å². The summed E-state index contributed by atoms with van der Waals surface area (Å²) >= 11 is 0.962. The first-order chi connectivity index (χ1) is 21.2. The number of rotatable bonds is 8. The molecule has 0 bridgehead atoms. The number of carbonyl (C=O) groups excluding carboxylic acids is 3. The van der Waals surface area contributed by atoms with E-state index in [1.54, 1.807) is 56.3 Å². The van der Waals surface area contributed by atoms with E-state index < -0.39 is 23.7 Å². The predicted octanol–water partition coefficient (Wildman–Crippen LogP) is 6.16. The number of aryl methyl sites for hydroxylation is 1. The van der Waals surface area contributed by atoms with E-state index >= 15 is 0 Å². The van der Waals surface area contributed by atoms with E-state index in [1.165, 1.54) is 4.90 Å². The van der Waals surface area contributed by atoms with Gasteiger partial charge in [0, 0.05) is 12.0 Å². The van der Waals surface area contributed by atoms with Gasteiger partial charge in [0.25, 0.3) is 5.78 Å². The molecule has 2 aliphatic rings. The molecule has 9 nitrogen and oxygen atoms in total. The number of amides is 1. The molecule has 0 saturated carbocycles. The van der Waals surface area contributed by atoms with E-state index in [4.69, 9.17) is 14.2 Å². The second kappa shape index (κ2) is 12.0. The van der Waals surface area contributed by atoms with Crippen molar-refractivity contribution in [3.05, 3.63) is 111 Å². The molecule has 4 aromatic rings. The number of ether oxygens (including phenoxy) is 3. The smallest absolute Gasteiger partial charge is 0.350 e. The van der Waals surface area contributed by atoms with Crippen molar-refractivity contribution in [3.63, 3.8) is 0 Å². The van der Waals surface area contributed by atoms with Gasteiger partial charge in [-0.2, -0.15) is 0 Å². The summed E-state index contributed by atoms with van der Waals surface area (Å²) in [5.41, 5.74) is 3.08. The molecule has 1 aromatic heterocycles. The summed E-state index contributed by atoms with van der Waals surface area (Å²) in [6.45, 7) is 5.79. The highest BCUT2D eigenvalue weighted by Crippen LogP contribution is 2.45. The number of aliphatic hydroxyl groups is 1. The van der Waals surface area contributed by atoms with Crippen molar-refractivity contribution in [3.8, 4) is 11.5 Å². The number of esters is 1. The number of benzene rings is 3. The maximum absolute atomic E-state index is 13.7. The first kappa shape index (κ1) is 29.1. The molecule has 3 aromatic carbocycles. The van der Waals surface area contributed by atoms with Crippen LogP contribution in [-0.2, 0) is 27.4 Å². The van der Waals surface area contributed by atoms with Gasteiger partial charge in [0.2, 0.25) is 0 Å². The van der Waals surface area contributed by atoms with Gasteiger partial charge in [0.15, 0.2) is 5.13 Å². The Morgan fingerprint density at radius 3 is 2.66 bits per heavy atom. The van der Waals surface area contributed by atoms with Crippen LogP contribution >= 0.6 is 11.3 Å². The van der Waals surface area contributed by atoms with E-state index in [9.17, 15) is 19.5 Å². The molecular weight excluding hydrogens is 580 g/mol. The zero-order valence-corrected chi connectivity index (χ0v) is 25.2. The van der Waals surface area contributed by atoms with Crippen LogP contribution in [0.3, 0.4) is 0 Å². The highest BCUT2D eigenvalue weighted by Gasteiger charge is 2.48. The Labute approximate surface area is 258 Å². The molecule has 6 rings (SSSR count). The van der Waals surface area contributed by atoms with Crippen molar-refractivity contribution in [2.24, 2.45) is 0 Å². The van der Waals surface area contributed by atoms with Gasteiger partial charge in [-0.25, -0.2) is 9.78 Å². The van der Waals surface area contributed by atoms with Crippen molar-refractivity contribution in [1.82, 2.24) is 4.98 Å². The minimum Gasteiger partial charge on any atom is -0.507 e. The highest BCUT2D eigenvalue weighted by molar-refractivity contribution is 7.17. The molecule has 10 heteroatoms. The average molecular weight is 611 g/mol. The lowest BCUT2D eigenvalue weighted by atomic mass is 9.94. The van der Waals surface area contributed by atoms with Gasteiger partial charge in [-0.1, -0.05) is 53.8 Å². The molecule has 0 radical (unpaired) electrons. The quantitative estimate of drug-likeness (QED) is 0.109. The highest BCUT2D eigenvalue weighted by atomic mass is 32.1. The monoisotopic (exact) mass is 610 g/mol. The Bertz CT molecular complexity index is 1800. The molecule has 1 amide bonds. The third-order valence-electron chi connectivity index (χ3n) is 7.49. The third-order valence-corrected chi connectivity index (χ3v) is 8.63. The van der Waals surface area contributed by atoms with Gasteiger partial charge < -0.3 is 19.3 Å². The summed E-state index contributed by atoms with van der Waals surface area (Å²) in [7, 11) is 0. The molecule has 2 aliphatic heterocycles. The number of aromatic nitrogens is 1. The van der Waals surface area contributed by atoms with Crippen molar-refractivity contribution < 1.29 is 33.7 Å². The number of carbonyl (C=O) groups is 3. The number of anilines is 1. The first-order valence-electron chi connectivity index (χ1n) is 14.3. The van der Waals surface area contributed by atoms with E-state index in [2.05, 4.69) is 4.98 Å². The normalized spacial score (nSPS) is 18.7. The Morgan fingerprint density at radius 2 is 1.89 bits per heavy atom. The number of fused-ring (bicyclic) bond motifs is 1. The second-order valence-electron chi connectivity index (χ2n) is 10.6. The topological polar surface area (TPSA) is 115 Å². The summed E-state index contributed by atoms with van der Waals surface area (Å²) < 4.78 is 17.0. The van der Waals surface area contributed by atoms with Gasteiger partial charge in [-0.05, 0) is 67.8 Å². The molecule has 224 valence electrons. The largest absolute Gasteiger partial charge is 0.507 e. The van der Waals surface area contributed by atoms with Crippen LogP contribution in [0.15, 0.2) is 78.4 Å². The number of aliphatic hydroxyl groups excluding tert-OH is 1. The van der Waals surface area contributed by atoms with Crippen LogP contribution in [-0.4, -0.2) is 40.5 Å². The van der Waals surface area contributed by atoms with E-state index in [0.29, 0.717) is 35.6 Å². The standard InChI is InChI=1S/C34H30N2O7S/c1-4-41-33(40)31-20(3)35-34(44-31)36-28(22-11-8-12-25(17-22)42-18-21-9-6-5-7-10-21)27(30(38)32(36)39)29(37)23-13-14-26-24(16-23)15-19(2)43-26/h5-14,16-17,19,28,37H,4,15,18H2,1-3H3/t19-,28-/m0/s1. The Kier molecular flexibility index (Phi) is 7.92. The molecule has 3 heterocycles. The van der Waals surface area contributed by atoms with Gasteiger partial charge in [0.05, 0.1) is 23.9 Å². The maximum Gasteiger partial charge on any atom is 0.350 e. The Hall–Kier alpha value is -4.96. The van der Waals surface area contributed by atoms with Crippen molar-refractivity contribution in [2.75, 3.05) is 11.5 Å². The van der Waals surface area contributed by atoms with Crippen molar-refractivity contribution in [1.29, 1.82) is 0 Å². The summed E-state index contributed by atoms with van der Waals surface area (Å²) in [6.07, 6.45) is 0.651. The fourth-order valence-corrected chi connectivity index (χ4v) is 6.44.